The Balaban J connectivity index is 3.27. The van der Waals surface area contributed by atoms with E-state index in [-0.39, 0.29) is 12.8 Å². The summed E-state index contributed by atoms with van der Waals surface area (Å²) < 4.78 is 52.4. The quantitative estimate of drug-likeness (QED) is 0.840. The van der Waals surface area contributed by atoms with Crippen LogP contribution < -0.4 is 4.72 Å². The molecule has 0 unspecified atom stereocenters. The predicted octanol–water partition coefficient (Wildman–Crippen LogP) is 1.89. The molecule has 0 amide bonds. The second-order valence-corrected chi connectivity index (χ2v) is 5.93. The van der Waals surface area contributed by atoms with Crippen molar-refractivity contribution in [3.05, 3.63) is 29.8 Å². The van der Waals surface area contributed by atoms with Crippen LogP contribution in [-0.2, 0) is 14.8 Å². The van der Waals surface area contributed by atoms with Gasteiger partial charge in [-0.1, -0.05) is 13.8 Å². The molecular formula is C12H15F2NO4S. The van der Waals surface area contributed by atoms with E-state index in [1.807, 2.05) is 4.72 Å². The summed E-state index contributed by atoms with van der Waals surface area (Å²) in [7, 11) is -4.41. The monoisotopic (exact) mass is 307 g/mol. The maximum atomic E-state index is 13.5. The van der Waals surface area contributed by atoms with E-state index in [0.29, 0.717) is 6.07 Å². The molecule has 8 heteroatoms. The van der Waals surface area contributed by atoms with Crippen LogP contribution >= 0.6 is 0 Å². The fraction of sp³-hybridized carbons (Fsp3) is 0.417. The second-order valence-electron chi connectivity index (χ2n) is 4.27. The van der Waals surface area contributed by atoms with E-state index >= 15 is 0 Å². The van der Waals surface area contributed by atoms with Gasteiger partial charge >= 0.3 is 5.97 Å². The first-order valence-corrected chi connectivity index (χ1v) is 7.39. The second kappa shape index (κ2) is 5.84. The van der Waals surface area contributed by atoms with Gasteiger partial charge in [0, 0.05) is 6.07 Å². The molecule has 0 bridgehead atoms. The molecule has 0 aliphatic rings. The van der Waals surface area contributed by atoms with Crippen LogP contribution in [0.4, 0.5) is 8.78 Å². The van der Waals surface area contributed by atoms with Gasteiger partial charge in [0.15, 0.2) is 0 Å². The molecule has 0 saturated heterocycles. The van der Waals surface area contributed by atoms with E-state index in [1.165, 1.54) is 13.8 Å². The van der Waals surface area contributed by atoms with Crippen LogP contribution in [0.1, 0.15) is 26.7 Å². The molecule has 20 heavy (non-hydrogen) atoms. The molecule has 1 aromatic carbocycles. The smallest absolute Gasteiger partial charge is 0.324 e. The molecule has 0 fully saturated rings. The first-order valence-electron chi connectivity index (χ1n) is 5.91. The molecule has 2 N–H and O–H groups in total. The molecule has 0 aliphatic heterocycles. The lowest BCUT2D eigenvalue weighted by atomic mass is 9.95. The Labute approximate surface area is 115 Å². The van der Waals surface area contributed by atoms with E-state index < -0.39 is 38.1 Å². The highest BCUT2D eigenvalue weighted by Crippen LogP contribution is 2.22. The fourth-order valence-corrected chi connectivity index (χ4v) is 3.31. The van der Waals surface area contributed by atoms with Crippen molar-refractivity contribution in [3.8, 4) is 0 Å². The molecule has 0 spiro atoms. The number of carboxylic acids is 1. The molecule has 1 aromatic rings. The van der Waals surface area contributed by atoms with E-state index in [0.717, 1.165) is 12.1 Å². The number of nitrogens with one attached hydrogen (secondary N) is 1. The maximum absolute atomic E-state index is 13.5. The first-order chi connectivity index (χ1) is 9.18. The van der Waals surface area contributed by atoms with Crippen LogP contribution in [0.2, 0.25) is 0 Å². The number of carboxylic acid groups (broad SMARTS) is 1. The van der Waals surface area contributed by atoms with Crippen LogP contribution in [0.3, 0.4) is 0 Å². The van der Waals surface area contributed by atoms with Crippen molar-refractivity contribution >= 4 is 16.0 Å². The Morgan fingerprint density at radius 1 is 1.30 bits per heavy atom. The zero-order valence-corrected chi connectivity index (χ0v) is 11.8. The molecule has 0 atom stereocenters. The van der Waals surface area contributed by atoms with Crippen molar-refractivity contribution in [3.63, 3.8) is 0 Å². The minimum atomic E-state index is -4.41. The number of benzene rings is 1. The SMILES string of the molecule is CCC(CC)(NS(=O)(=O)c1ccc(F)cc1F)C(=O)O. The van der Waals surface area contributed by atoms with Crippen LogP contribution in [0.25, 0.3) is 0 Å². The number of carbonyl (C=O) groups is 1. The summed E-state index contributed by atoms with van der Waals surface area (Å²) in [6.07, 6.45) is -0.0260. The van der Waals surface area contributed by atoms with Gasteiger partial charge in [-0.25, -0.2) is 17.2 Å². The highest BCUT2D eigenvalue weighted by molar-refractivity contribution is 7.89. The molecule has 0 aliphatic carbocycles. The van der Waals surface area contributed by atoms with Gasteiger partial charge in [-0.05, 0) is 25.0 Å². The minimum Gasteiger partial charge on any atom is -0.480 e. The normalized spacial score (nSPS) is 12.4. The lowest BCUT2D eigenvalue weighted by Crippen LogP contribution is -2.53. The van der Waals surface area contributed by atoms with Gasteiger partial charge in [0.2, 0.25) is 10.0 Å². The predicted molar refractivity (Wildman–Crippen MR) is 67.6 cm³/mol. The zero-order chi connectivity index (χ0) is 15.6. The summed E-state index contributed by atoms with van der Waals surface area (Å²) >= 11 is 0. The zero-order valence-electron chi connectivity index (χ0n) is 11.0. The lowest BCUT2D eigenvalue weighted by molar-refractivity contribution is -0.144. The summed E-state index contributed by atoms with van der Waals surface area (Å²) in [6, 6.07) is 1.97. The topological polar surface area (TPSA) is 83.5 Å². The number of hydrogen-bond acceptors (Lipinski definition) is 3. The van der Waals surface area contributed by atoms with Crippen molar-refractivity contribution in [2.75, 3.05) is 0 Å². The first kappa shape index (κ1) is 16.5. The third kappa shape index (κ3) is 3.13. The molecule has 1 rings (SSSR count). The van der Waals surface area contributed by atoms with Gasteiger partial charge in [0.25, 0.3) is 0 Å². The number of aliphatic carboxylic acids is 1. The van der Waals surface area contributed by atoms with Crippen molar-refractivity contribution in [2.24, 2.45) is 0 Å². The molecule has 0 heterocycles. The van der Waals surface area contributed by atoms with Crippen LogP contribution in [0, 0.1) is 11.6 Å². The highest BCUT2D eigenvalue weighted by Gasteiger charge is 2.40. The number of rotatable bonds is 6. The van der Waals surface area contributed by atoms with E-state index in [2.05, 4.69) is 0 Å². The summed E-state index contributed by atoms with van der Waals surface area (Å²) in [6.45, 7) is 3.00. The molecule has 0 saturated carbocycles. The Bertz CT molecular complexity index is 612. The van der Waals surface area contributed by atoms with Crippen molar-refractivity contribution in [1.29, 1.82) is 0 Å². The van der Waals surface area contributed by atoms with Crippen molar-refractivity contribution < 1.29 is 27.1 Å². The average molecular weight is 307 g/mol. The molecular weight excluding hydrogens is 292 g/mol. The van der Waals surface area contributed by atoms with Crippen LogP contribution in [0.5, 0.6) is 0 Å². The number of halogens is 2. The largest absolute Gasteiger partial charge is 0.480 e. The fourth-order valence-electron chi connectivity index (χ4n) is 1.75. The average Bonchev–Trinajstić information content (AvgIpc) is 2.35. The number of sulfonamides is 1. The molecule has 0 aromatic heterocycles. The standard InChI is InChI=1S/C12H15F2NO4S/c1-3-12(4-2,11(16)17)15-20(18,19)10-6-5-8(13)7-9(10)14/h5-7,15H,3-4H2,1-2H3,(H,16,17). The Hall–Kier alpha value is -1.54. The van der Waals surface area contributed by atoms with Gasteiger partial charge in [-0.3, -0.25) is 4.79 Å². The van der Waals surface area contributed by atoms with E-state index in [1.54, 1.807) is 0 Å². The van der Waals surface area contributed by atoms with Gasteiger partial charge in [-0.15, -0.1) is 0 Å². The van der Waals surface area contributed by atoms with Crippen LogP contribution in [-0.4, -0.2) is 25.0 Å². The number of hydrogen-bond donors (Lipinski definition) is 2. The van der Waals surface area contributed by atoms with Gasteiger partial charge in [-0.2, -0.15) is 4.72 Å². The summed E-state index contributed by atoms with van der Waals surface area (Å²) in [5.41, 5.74) is -1.72. The summed E-state index contributed by atoms with van der Waals surface area (Å²) in [5, 5.41) is 9.17. The minimum absolute atomic E-state index is 0.0130. The third-order valence-electron chi connectivity index (χ3n) is 3.13. The van der Waals surface area contributed by atoms with Crippen molar-refractivity contribution in [1.82, 2.24) is 4.72 Å². The van der Waals surface area contributed by atoms with Crippen molar-refractivity contribution in [2.45, 2.75) is 37.1 Å². The van der Waals surface area contributed by atoms with E-state index in [4.69, 9.17) is 5.11 Å². The Morgan fingerprint density at radius 3 is 2.25 bits per heavy atom. The van der Waals surface area contributed by atoms with E-state index in [9.17, 15) is 22.0 Å². The Morgan fingerprint density at radius 2 is 1.85 bits per heavy atom. The summed E-state index contributed by atoms with van der Waals surface area (Å²) in [5.74, 6) is -3.55. The van der Waals surface area contributed by atoms with Crippen LogP contribution in [0.15, 0.2) is 23.1 Å². The lowest BCUT2D eigenvalue weighted by Gasteiger charge is -2.27. The third-order valence-corrected chi connectivity index (χ3v) is 4.70. The van der Waals surface area contributed by atoms with Gasteiger partial charge in [0.05, 0.1) is 0 Å². The maximum Gasteiger partial charge on any atom is 0.324 e. The molecule has 0 radical (unpaired) electrons. The summed E-state index contributed by atoms with van der Waals surface area (Å²) in [4.78, 5) is 10.5. The molecule has 112 valence electrons. The molecule has 5 nitrogen and oxygen atoms in total. The van der Waals surface area contributed by atoms with Gasteiger partial charge < -0.3 is 5.11 Å². The highest BCUT2D eigenvalue weighted by atomic mass is 32.2. The van der Waals surface area contributed by atoms with Gasteiger partial charge in [0.1, 0.15) is 22.1 Å². The Kier molecular flexibility index (Phi) is 4.82.